The molecule has 18 heavy (non-hydrogen) atoms. The van der Waals surface area contributed by atoms with Gasteiger partial charge in [0.1, 0.15) is 0 Å². The van der Waals surface area contributed by atoms with Gasteiger partial charge in [0.05, 0.1) is 4.88 Å². The number of hydrogen-bond acceptors (Lipinski definition) is 3. The van der Waals surface area contributed by atoms with Crippen LogP contribution in [0, 0.1) is 12.8 Å². The molecule has 0 saturated carbocycles. The third-order valence-corrected chi connectivity index (χ3v) is 4.52. The molecule has 1 amide bonds. The van der Waals surface area contributed by atoms with Crippen molar-refractivity contribution in [3.05, 3.63) is 21.9 Å². The van der Waals surface area contributed by atoms with Crippen molar-refractivity contribution in [2.75, 3.05) is 26.2 Å². The molecule has 100 valence electrons. The molecule has 0 aliphatic carbocycles. The maximum absolute atomic E-state index is 12.3. The first-order valence-electron chi connectivity index (χ1n) is 6.77. The van der Waals surface area contributed by atoms with Crippen LogP contribution in [0.4, 0.5) is 0 Å². The van der Waals surface area contributed by atoms with Gasteiger partial charge in [0.15, 0.2) is 0 Å². The minimum Gasteiger partial charge on any atom is -0.338 e. The van der Waals surface area contributed by atoms with Crippen molar-refractivity contribution < 1.29 is 4.79 Å². The molecule has 1 aromatic heterocycles. The Labute approximate surface area is 113 Å². The van der Waals surface area contributed by atoms with E-state index in [1.54, 1.807) is 11.3 Å². The van der Waals surface area contributed by atoms with Crippen LogP contribution in [0.2, 0.25) is 0 Å². The Hall–Kier alpha value is -0.870. The van der Waals surface area contributed by atoms with Gasteiger partial charge in [0.25, 0.3) is 5.91 Å². The molecule has 3 nitrogen and oxygen atoms in total. The van der Waals surface area contributed by atoms with Crippen LogP contribution < -0.4 is 5.32 Å². The van der Waals surface area contributed by atoms with Gasteiger partial charge in [0, 0.05) is 18.0 Å². The van der Waals surface area contributed by atoms with Gasteiger partial charge in [-0.25, -0.2) is 0 Å². The van der Waals surface area contributed by atoms with Crippen LogP contribution in [0.15, 0.2) is 12.1 Å². The fourth-order valence-corrected chi connectivity index (χ4v) is 3.23. The fraction of sp³-hybridized carbons (Fsp3) is 0.643. The lowest BCUT2D eigenvalue weighted by Gasteiger charge is -2.31. The number of amides is 1. The number of nitrogens with zero attached hydrogens (tertiary/aromatic N) is 1. The number of thiophene rings is 1. The summed E-state index contributed by atoms with van der Waals surface area (Å²) in [5.74, 6) is 0.953. The van der Waals surface area contributed by atoms with E-state index in [1.807, 2.05) is 24.0 Å². The lowest BCUT2D eigenvalue weighted by molar-refractivity contribution is 0.0695. The first-order valence-corrected chi connectivity index (χ1v) is 7.58. The highest BCUT2D eigenvalue weighted by Crippen LogP contribution is 2.22. The predicted octanol–water partition coefficient (Wildman–Crippen LogP) is 2.52. The molecule has 0 unspecified atom stereocenters. The molecular formula is C14H22N2OS. The second-order valence-corrected chi connectivity index (χ2v) is 6.24. The summed E-state index contributed by atoms with van der Waals surface area (Å²) in [4.78, 5) is 16.4. The van der Waals surface area contributed by atoms with Gasteiger partial charge in [0.2, 0.25) is 0 Å². The SMILES string of the molecule is CCNCC1CCN(C(=O)c2ccc(C)s2)CC1. The summed E-state index contributed by atoms with van der Waals surface area (Å²) in [6.45, 7) is 8.13. The Morgan fingerprint density at radius 1 is 1.44 bits per heavy atom. The van der Waals surface area contributed by atoms with Gasteiger partial charge in [-0.1, -0.05) is 6.92 Å². The zero-order chi connectivity index (χ0) is 13.0. The maximum atomic E-state index is 12.3. The normalized spacial score (nSPS) is 17.1. The van der Waals surface area contributed by atoms with Crippen LogP contribution in [0.5, 0.6) is 0 Å². The highest BCUT2D eigenvalue weighted by atomic mass is 32.1. The summed E-state index contributed by atoms with van der Waals surface area (Å²) in [6.07, 6.45) is 2.26. The van der Waals surface area contributed by atoms with Gasteiger partial charge >= 0.3 is 0 Å². The average Bonchev–Trinajstić information content (AvgIpc) is 2.83. The molecule has 1 aliphatic rings. The van der Waals surface area contributed by atoms with E-state index in [-0.39, 0.29) is 5.91 Å². The van der Waals surface area contributed by atoms with Gasteiger partial charge < -0.3 is 10.2 Å². The molecule has 1 aliphatic heterocycles. The summed E-state index contributed by atoms with van der Waals surface area (Å²) in [7, 11) is 0. The van der Waals surface area contributed by atoms with Crippen LogP contribution in [0.1, 0.15) is 34.3 Å². The molecule has 1 fully saturated rings. The van der Waals surface area contributed by atoms with Crippen molar-refractivity contribution in [1.29, 1.82) is 0 Å². The summed E-state index contributed by atoms with van der Waals surface area (Å²) in [6, 6.07) is 3.98. The third kappa shape index (κ3) is 3.33. The maximum Gasteiger partial charge on any atom is 0.263 e. The molecule has 0 radical (unpaired) electrons. The number of rotatable bonds is 4. The van der Waals surface area contributed by atoms with Crippen molar-refractivity contribution in [1.82, 2.24) is 10.2 Å². The van der Waals surface area contributed by atoms with Gasteiger partial charge in [-0.3, -0.25) is 4.79 Å². The van der Waals surface area contributed by atoms with Crippen molar-refractivity contribution in [2.24, 2.45) is 5.92 Å². The quantitative estimate of drug-likeness (QED) is 0.908. The summed E-state index contributed by atoms with van der Waals surface area (Å²) in [5, 5.41) is 3.40. The molecule has 0 atom stereocenters. The van der Waals surface area contributed by atoms with E-state index in [0.29, 0.717) is 0 Å². The van der Waals surface area contributed by atoms with Gasteiger partial charge in [-0.15, -0.1) is 11.3 Å². The summed E-state index contributed by atoms with van der Waals surface area (Å²) < 4.78 is 0. The van der Waals surface area contributed by atoms with E-state index in [4.69, 9.17) is 0 Å². The number of nitrogens with one attached hydrogen (secondary N) is 1. The van der Waals surface area contributed by atoms with E-state index in [9.17, 15) is 4.79 Å². The Morgan fingerprint density at radius 3 is 2.72 bits per heavy atom. The lowest BCUT2D eigenvalue weighted by Crippen LogP contribution is -2.40. The zero-order valence-corrected chi connectivity index (χ0v) is 12.1. The number of carbonyl (C=O) groups is 1. The lowest BCUT2D eigenvalue weighted by atomic mass is 9.96. The third-order valence-electron chi connectivity index (χ3n) is 3.54. The average molecular weight is 266 g/mol. The second-order valence-electron chi connectivity index (χ2n) is 4.95. The molecule has 1 aromatic rings. The fourth-order valence-electron chi connectivity index (χ4n) is 2.39. The molecule has 2 heterocycles. The Morgan fingerprint density at radius 2 is 2.17 bits per heavy atom. The Bertz CT molecular complexity index is 394. The van der Waals surface area contributed by atoms with E-state index in [1.165, 1.54) is 4.88 Å². The number of likely N-dealkylation sites (tertiary alicyclic amines) is 1. The standard InChI is InChI=1S/C14H22N2OS/c1-3-15-10-12-6-8-16(9-7-12)14(17)13-5-4-11(2)18-13/h4-5,12,15H,3,6-10H2,1-2H3. The Balaban J connectivity index is 1.84. The first-order chi connectivity index (χ1) is 8.70. The van der Waals surface area contributed by atoms with Crippen LogP contribution >= 0.6 is 11.3 Å². The van der Waals surface area contributed by atoms with E-state index >= 15 is 0 Å². The van der Waals surface area contributed by atoms with Crippen molar-refractivity contribution >= 4 is 17.2 Å². The predicted molar refractivity (Wildman–Crippen MR) is 76.2 cm³/mol. The minimum atomic E-state index is 0.218. The highest BCUT2D eigenvalue weighted by molar-refractivity contribution is 7.13. The van der Waals surface area contributed by atoms with Crippen LogP contribution in [0.3, 0.4) is 0 Å². The number of hydrogen-bond donors (Lipinski definition) is 1. The molecular weight excluding hydrogens is 244 g/mol. The molecule has 0 bridgehead atoms. The largest absolute Gasteiger partial charge is 0.338 e. The second kappa shape index (κ2) is 6.34. The summed E-state index contributed by atoms with van der Waals surface area (Å²) in [5.41, 5.74) is 0. The smallest absolute Gasteiger partial charge is 0.263 e. The Kier molecular flexibility index (Phi) is 4.78. The van der Waals surface area contributed by atoms with E-state index in [0.717, 1.165) is 49.8 Å². The summed E-state index contributed by atoms with van der Waals surface area (Å²) >= 11 is 1.60. The van der Waals surface area contributed by atoms with Gasteiger partial charge in [-0.2, -0.15) is 0 Å². The van der Waals surface area contributed by atoms with E-state index < -0.39 is 0 Å². The molecule has 0 spiro atoms. The van der Waals surface area contributed by atoms with Gasteiger partial charge in [-0.05, 0) is 50.9 Å². The monoisotopic (exact) mass is 266 g/mol. The number of carbonyl (C=O) groups excluding carboxylic acids is 1. The highest BCUT2D eigenvalue weighted by Gasteiger charge is 2.23. The minimum absolute atomic E-state index is 0.218. The number of piperidine rings is 1. The first kappa shape index (κ1) is 13.6. The van der Waals surface area contributed by atoms with Crippen molar-refractivity contribution in [3.63, 3.8) is 0 Å². The van der Waals surface area contributed by atoms with Crippen molar-refractivity contribution in [3.8, 4) is 0 Å². The molecule has 0 aromatic carbocycles. The van der Waals surface area contributed by atoms with E-state index in [2.05, 4.69) is 12.2 Å². The van der Waals surface area contributed by atoms with Crippen LogP contribution in [-0.4, -0.2) is 37.0 Å². The molecule has 2 rings (SSSR count). The van der Waals surface area contributed by atoms with Crippen LogP contribution in [0.25, 0.3) is 0 Å². The number of aryl methyl sites for hydroxylation is 1. The van der Waals surface area contributed by atoms with Crippen LogP contribution in [-0.2, 0) is 0 Å². The topological polar surface area (TPSA) is 32.3 Å². The molecule has 1 N–H and O–H groups in total. The van der Waals surface area contributed by atoms with Crippen molar-refractivity contribution in [2.45, 2.75) is 26.7 Å². The molecule has 1 saturated heterocycles. The zero-order valence-electron chi connectivity index (χ0n) is 11.2. The molecule has 4 heteroatoms.